The van der Waals surface area contributed by atoms with Crippen molar-refractivity contribution in [1.29, 1.82) is 0 Å². The van der Waals surface area contributed by atoms with E-state index in [9.17, 15) is 13.2 Å². The number of hydrogen-bond acceptors (Lipinski definition) is 3. The first kappa shape index (κ1) is 16.2. The van der Waals surface area contributed by atoms with Gasteiger partial charge < -0.3 is 5.32 Å². The number of benzene rings is 2. The van der Waals surface area contributed by atoms with Crippen molar-refractivity contribution in [2.45, 2.75) is 18.7 Å². The summed E-state index contributed by atoms with van der Waals surface area (Å²) in [6.07, 6.45) is 1.18. The Kier molecular flexibility index (Phi) is 4.98. The Bertz CT molecular complexity index is 754. The van der Waals surface area contributed by atoms with Crippen LogP contribution in [0.25, 0.3) is 0 Å². The predicted octanol–water partition coefficient (Wildman–Crippen LogP) is 2.72. The first-order chi connectivity index (χ1) is 10.3. The Balaban J connectivity index is 2.11. The van der Waals surface area contributed by atoms with Crippen LogP contribution < -0.4 is 5.32 Å². The Morgan fingerprint density at radius 3 is 2.41 bits per heavy atom. The molecule has 0 aromatic heterocycles. The van der Waals surface area contributed by atoms with E-state index in [1.807, 2.05) is 37.3 Å². The number of amides is 1. The first-order valence-electron chi connectivity index (χ1n) is 6.97. The van der Waals surface area contributed by atoms with E-state index < -0.39 is 9.84 Å². The van der Waals surface area contributed by atoms with Gasteiger partial charge in [-0.15, -0.1) is 0 Å². The lowest BCUT2D eigenvalue weighted by Crippen LogP contribution is -2.26. The summed E-state index contributed by atoms with van der Waals surface area (Å²) in [5, 5.41) is 2.91. The molecule has 1 unspecified atom stereocenters. The van der Waals surface area contributed by atoms with Crippen molar-refractivity contribution in [3.05, 3.63) is 71.3 Å². The number of carbonyl (C=O) groups is 1. The molecule has 4 nitrogen and oxygen atoms in total. The molecule has 1 amide bonds. The summed E-state index contributed by atoms with van der Waals surface area (Å²) < 4.78 is 22.7. The van der Waals surface area contributed by atoms with Crippen LogP contribution in [0, 0.1) is 0 Å². The molecular formula is C17H19NO3S. The average Bonchev–Trinajstić information content (AvgIpc) is 2.46. The number of sulfone groups is 1. The Morgan fingerprint density at radius 2 is 1.77 bits per heavy atom. The summed E-state index contributed by atoms with van der Waals surface area (Å²) in [6.45, 7) is 1.91. The maximum absolute atomic E-state index is 12.3. The summed E-state index contributed by atoms with van der Waals surface area (Å²) >= 11 is 0. The molecule has 5 heteroatoms. The topological polar surface area (TPSA) is 63.2 Å². The first-order valence-corrected chi connectivity index (χ1v) is 9.04. The van der Waals surface area contributed by atoms with E-state index in [1.54, 1.807) is 24.3 Å². The molecule has 1 N–H and O–H groups in total. The number of rotatable bonds is 5. The van der Waals surface area contributed by atoms with E-state index in [1.165, 1.54) is 6.26 Å². The molecular weight excluding hydrogens is 298 g/mol. The highest BCUT2D eigenvalue weighted by Gasteiger charge is 2.12. The molecule has 0 aliphatic rings. The summed E-state index contributed by atoms with van der Waals surface area (Å²) in [6, 6.07) is 16.2. The summed E-state index contributed by atoms with van der Waals surface area (Å²) in [7, 11) is -3.12. The molecule has 2 aromatic rings. The van der Waals surface area contributed by atoms with Gasteiger partial charge in [0.2, 0.25) is 0 Å². The number of hydrogen-bond donors (Lipinski definition) is 1. The van der Waals surface area contributed by atoms with Gasteiger partial charge in [-0.3, -0.25) is 4.79 Å². The molecule has 2 rings (SSSR count). The average molecular weight is 317 g/mol. The quantitative estimate of drug-likeness (QED) is 0.922. The van der Waals surface area contributed by atoms with E-state index >= 15 is 0 Å². The highest BCUT2D eigenvalue weighted by Crippen LogP contribution is 2.14. The lowest BCUT2D eigenvalue weighted by atomic mass is 10.1. The van der Waals surface area contributed by atoms with Crippen molar-refractivity contribution in [3.8, 4) is 0 Å². The fraction of sp³-hybridized carbons (Fsp3) is 0.235. The van der Waals surface area contributed by atoms with Gasteiger partial charge >= 0.3 is 0 Å². The van der Waals surface area contributed by atoms with Gasteiger partial charge in [0.1, 0.15) is 0 Å². The zero-order valence-electron chi connectivity index (χ0n) is 12.6. The minimum atomic E-state index is -3.12. The van der Waals surface area contributed by atoms with Crippen LogP contribution in [-0.4, -0.2) is 20.6 Å². The third-order valence-corrected chi connectivity index (χ3v) is 4.12. The highest BCUT2D eigenvalue weighted by molar-refractivity contribution is 7.89. The molecule has 0 saturated heterocycles. The number of carbonyl (C=O) groups excluding carboxylic acids is 1. The summed E-state index contributed by atoms with van der Waals surface area (Å²) in [5.74, 6) is -0.283. The molecule has 22 heavy (non-hydrogen) atoms. The van der Waals surface area contributed by atoms with E-state index in [0.29, 0.717) is 11.1 Å². The fourth-order valence-electron chi connectivity index (χ4n) is 2.21. The minimum absolute atomic E-state index is 0.0671. The molecule has 2 aromatic carbocycles. The Morgan fingerprint density at radius 1 is 1.09 bits per heavy atom. The molecule has 0 aliphatic heterocycles. The van der Waals surface area contributed by atoms with Gasteiger partial charge in [0.25, 0.3) is 5.91 Å². The van der Waals surface area contributed by atoms with Crippen LogP contribution in [0.1, 0.15) is 34.5 Å². The molecule has 0 radical (unpaired) electrons. The second-order valence-corrected chi connectivity index (χ2v) is 7.52. The summed E-state index contributed by atoms with van der Waals surface area (Å²) in [4.78, 5) is 12.3. The minimum Gasteiger partial charge on any atom is -0.346 e. The maximum Gasteiger partial charge on any atom is 0.251 e. The van der Waals surface area contributed by atoms with Crippen molar-refractivity contribution in [2.24, 2.45) is 0 Å². The molecule has 116 valence electrons. The molecule has 0 bridgehead atoms. The molecule has 0 fully saturated rings. The van der Waals surface area contributed by atoms with Gasteiger partial charge in [0.05, 0.1) is 11.8 Å². The third-order valence-electron chi connectivity index (χ3n) is 3.27. The van der Waals surface area contributed by atoms with Gasteiger partial charge in [0.15, 0.2) is 9.84 Å². The van der Waals surface area contributed by atoms with Crippen LogP contribution in [0.15, 0.2) is 54.6 Å². The van der Waals surface area contributed by atoms with Crippen molar-refractivity contribution in [3.63, 3.8) is 0 Å². The van der Waals surface area contributed by atoms with E-state index in [-0.39, 0.29) is 17.7 Å². The van der Waals surface area contributed by atoms with E-state index in [4.69, 9.17) is 0 Å². The van der Waals surface area contributed by atoms with E-state index in [2.05, 4.69) is 5.32 Å². The summed E-state index contributed by atoms with van der Waals surface area (Å²) in [5.41, 5.74) is 2.09. The van der Waals surface area contributed by atoms with Crippen molar-refractivity contribution < 1.29 is 13.2 Å². The van der Waals surface area contributed by atoms with Crippen molar-refractivity contribution in [1.82, 2.24) is 5.32 Å². The largest absolute Gasteiger partial charge is 0.346 e. The zero-order valence-corrected chi connectivity index (χ0v) is 13.4. The lowest BCUT2D eigenvalue weighted by Gasteiger charge is -2.14. The normalized spacial score (nSPS) is 12.6. The zero-order chi connectivity index (χ0) is 16.2. The maximum atomic E-state index is 12.3. The molecule has 0 heterocycles. The van der Waals surface area contributed by atoms with Gasteiger partial charge in [-0.2, -0.15) is 0 Å². The second kappa shape index (κ2) is 6.75. The highest BCUT2D eigenvalue weighted by atomic mass is 32.2. The van der Waals surface area contributed by atoms with Crippen molar-refractivity contribution in [2.75, 3.05) is 6.26 Å². The van der Waals surface area contributed by atoms with Crippen LogP contribution in [0.3, 0.4) is 0 Å². The SMILES string of the molecule is CC(NC(=O)c1cccc(CS(C)(=O)=O)c1)c1ccccc1. The third kappa shape index (κ3) is 4.70. The molecule has 0 aliphatic carbocycles. The van der Waals surface area contributed by atoms with E-state index in [0.717, 1.165) is 5.56 Å². The standard InChI is InChI=1S/C17H19NO3S/c1-13(15-8-4-3-5-9-15)18-17(19)16-10-6-7-14(11-16)12-22(2,20)21/h3-11,13H,12H2,1-2H3,(H,18,19). The second-order valence-electron chi connectivity index (χ2n) is 5.38. The van der Waals surface area contributed by atoms with Gasteiger partial charge in [-0.25, -0.2) is 8.42 Å². The van der Waals surface area contributed by atoms with Crippen LogP contribution in [0.5, 0.6) is 0 Å². The van der Waals surface area contributed by atoms with Gasteiger partial charge in [0, 0.05) is 11.8 Å². The lowest BCUT2D eigenvalue weighted by molar-refractivity contribution is 0.0939. The smallest absolute Gasteiger partial charge is 0.251 e. The Hall–Kier alpha value is -2.14. The van der Waals surface area contributed by atoms with Crippen molar-refractivity contribution >= 4 is 15.7 Å². The van der Waals surface area contributed by atoms with Crippen LogP contribution >= 0.6 is 0 Å². The molecule has 0 spiro atoms. The number of nitrogens with one attached hydrogen (secondary N) is 1. The van der Waals surface area contributed by atoms with Crippen LogP contribution in [-0.2, 0) is 15.6 Å². The van der Waals surface area contributed by atoms with Gasteiger partial charge in [-0.1, -0.05) is 42.5 Å². The fourth-order valence-corrected chi connectivity index (χ4v) is 3.00. The Labute approximate surface area is 131 Å². The predicted molar refractivity (Wildman–Crippen MR) is 87.3 cm³/mol. The molecule has 0 saturated carbocycles. The molecule has 1 atom stereocenters. The van der Waals surface area contributed by atoms with Crippen LogP contribution in [0.2, 0.25) is 0 Å². The van der Waals surface area contributed by atoms with Crippen LogP contribution in [0.4, 0.5) is 0 Å². The monoisotopic (exact) mass is 317 g/mol. The van der Waals surface area contributed by atoms with Gasteiger partial charge in [-0.05, 0) is 30.2 Å².